The number of carbonyl (C=O) groups is 1. The van der Waals surface area contributed by atoms with Crippen LogP contribution in [0.25, 0.3) is 0 Å². The van der Waals surface area contributed by atoms with Gasteiger partial charge in [-0.05, 0) is 37.8 Å². The van der Waals surface area contributed by atoms with Crippen molar-refractivity contribution in [2.75, 3.05) is 26.2 Å². The van der Waals surface area contributed by atoms with Crippen LogP contribution in [0.15, 0.2) is 24.3 Å². The molecule has 21 heavy (non-hydrogen) atoms. The van der Waals surface area contributed by atoms with Gasteiger partial charge in [-0.2, -0.15) is 0 Å². The van der Waals surface area contributed by atoms with Gasteiger partial charge in [-0.25, -0.2) is 0 Å². The highest BCUT2D eigenvalue weighted by Crippen LogP contribution is 2.23. The van der Waals surface area contributed by atoms with Crippen molar-refractivity contribution in [3.05, 3.63) is 35.4 Å². The Bertz CT molecular complexity index is 496. The number of nitrogens with zero attached hydrogens (tertiary/aromatic N) is 1. The van der Waals surface area contributed by atoms with Gasteiger partial charge in [-0.3, -0.25) is 9.69 Å². The van der Waals surface area contributed by atoms with Crippen molar-refractivity contribution in [2.45, 2.75) is 38.3 Å². The summed E-state index contributed by atoms with van der Waals surface area (Å²) in [6.07, 6.45) is 1.92. The summed E-state index contributed by atoms with van der Waals surface area (Å²) in [4.78, 5) is 15.0. The molecule has 2 aliphatic rings. The summed E-state index contributed by atoms with van der Waals surface area (Å²) in [5.41, 5.74) is 2.32. The third-order valence-electron chi connectivity index (χ3n) is 4.85. The van der Waals surface area contributed by atoms with Crippen LogP contribution in [0.2, 0.25) is 0 Å². The molecule has 1 aromatic rings. The first-order chi connectivity index (χ1) is 10.1. The molecule has 1 aliphatic carbocycles. The van der Waals surface area contributed by atoms with Gasteiger partial charge < -0.3 is 10.6 Å². The Balaban J connectivity index is 1.61. The van der Waals surface area contributed by atoms with E-state index < -0.39 is 5.54 Å². The molecule has 0 aromatic heterocycles. The smallest absolute Gasteiger partial charge is 0.240 e. The quantitative estimate of drug-likeness (QED) is 0.870. The minimum atomic E-state index is -0.434. The molecule has 1 amide bonds. The van der Waals surface area contributed by atoms with Crippen LogP contribution < -0.4 is 10.6 Å². The Morgan fingerprint density at radius 1 is 1.19 bits per heavy atom. The van der Waals surface area contributed by atoms with Crippen LogP contribution in [0.1, 0.15) is 25.0 Å². The normalized spacial score (nSPS) is 20.3. The Morgan fingerprint density at radius 2 is 1.76 bits per heavy atom. The molecule has 1 fully saturated rings. The highest BCUT2D eigenvalue weighted by molar-refractivity contribution is 5.85. The van der Waals surface area contributed by atoms with Crippen molar-refractivity contribution >= 4 is 5.91 Å². The number of hydrogen-bond donors (Lipinski definition) is 2. The second kappa shape index (κ2) is 5.78. The van der Waals surface area contributed by atoms with Crippen molar-refractivity contribution in [2.24, 2.45) is 0 Å². The minimum Gasteiger partial charge on any atom is -0.351 e. The number of fused-ring (bicyclic) bond motifs is 1. The second-order valence-corrected chi connectivity index (χ2v) is 6.64. The Kier molecular flexibility index (Phi) is 4.00. The van der Waals surface area contributed by atoms with Crippen molar-refractivity contribution in [3.8, 4) is 0 Å². The van der Waals surface area contributed by atoms with Crippen molar-refractivity contribution in [3.63, 3.8) is 0 Å². The molecule has 2 N–H and O–H groups in total. The average Bonchev–Trinajstić information content (AvgIpc) is 2.90. The largest absolute Gasteiger partial charge is 0.351 e. The molecule has 0 saturated carbocycles. The Labute approximate surface area is 126 Å². The fraction of sp³-hybridized carbons (Fsp3) is 0.588. The molecular weight excluding hydrogens is 262 g/mol. The standard InChI is InChI=1S/C17H25N3O/c1-17(2,20-9-7-18-8-10-20)16(21)19-15-11-13-5-3-4-6-14(13)12-15/h3-6,15,18H,7-12H2,1-2H3,(H,19,21). The molecule has 0 spiro atoms. The summed E-state index contributed by atoms with van der Waals surface area (Å²) in [5.74, 6) is 0.155. The minimum absolute atomic E-state index is 0.155. The molecule has 114 valence electrons. The summed E-state index contributed by atoms with van der Waals surface area (Å²) >= 11 is 0. The van der Waals surface area contributed by atoms with Crippen LogP contribution in [-0.2, 0) is 17.6 Å². The Morgan fingerprint density at radius 3 is 2.33 bits per heavy atom. The van der Waals surface area contributed by atoms with E-state index in [1.807, 2.05) is 13.8 Å². The molecule has 1 aliphatic heterocycles. The van der Waals surface area contributed by atoms with Gasteiger partial charge in [0.25, 0.3) is 0 Å². The molecule has 0 radical (unpaired) electrons. The molecule has 1 saturated heterocycles. The highest BCUT2D eigenvalue weighted by atomic mass is 16.2. The zero-order valence-electron chi connectivity index (χ0n) is 13.0. The van der Waals surface area contributed by atoms with Crippen molar-refractivity contribution < 1.29 is 4.79 Å². The SMILES string of the molecule is CC(C)(C(=O)NC1Cc2ccccc2C1)N1CCNCC1. The van der Waals surface area contributed by atoms with E-state index >= 15 is 0 Å². The average molecular weight is 287 g/mol. The third kappa shape index (κ3) is 2.97. The van der Waals surface area contributed by atoms with Gasteiger partial charge in [-0.15, -0.1) is 0 Å². The molecule has 3 rings (SSSR count). The highest BCUT2D eigenvalue weighted by Gasteiger charge is 2.36. The lowest BCUT2D eigenvalue weighted by atomic mass is 9.99. The summed E-state index contributed by atoms with van der Waals surface area (Å²) in [7, 11) is 0. The predicted molar refractivity (Wildman–Crippen MR) is 84.3 cm³/mol. The van der Waals surface area contributed by atoms with Crippen molar-refractivity contribution in [1.82, 2.24) is 15.5 Å². The van der Waals surface area contributed by atoms with Crippen LogP contribution in [0.5, 0.6) is 0 Å². The fourth-order valence-corrected chi connectivity index (χ4v) is 3.39. The van der Waals surface area contributed by atoms with Gasteiger partial charge in [0, 0.05) is 32.2 Å². The molecular formula is C17H25N3O. The number of amides is 1. The van der Waals surface area contributed by atoms with Gasteiger partial charge in [-0.1, -0.05) is 24.3 Å². The number of rotatable bonds is 3. The van der Waals surface area contributed by atoms with Crippen molar-refractivity contribution in [1.29, 1.82) is 0 Å². The number of piperazine rings is 1. The summed E-state index contributed by atoms with van der Waals surface area (Å²) in [6.45, 7) is 7.87. The van der Waals surface area contributed by atoms with Crippen LogP contribution in [0, 0.1) is 0 Å². The van der Waals surface area contributed by atoms with E-state index in [1.165, 1.54) is 11.1 Å². The molecule has 4 heteroatoms. The first kappa shape index (κ1) is 14.5. The second-order valence-electron chi connectivity index (χ2n) is 6.64. The van der Waals surface area contributed by atoms with E-state index in [9.17, 15) is 4.79 Å². The molecule has 1 aromatic carbocycles. The number of hydrogen-bond acceptors (Lipinski definition) is 3. The van der Waals surface area contributed by atoms with Gasteiger partial charge in [0.05, 0.1) is 5.54 Å². The topological polar surface area (TPSA) is 44.4 Å². The van der Waals surface area contributed by atoms with Gasteiger partial charge in [0.15, 0.2) is 0 Å². The zero-order valence-corrected chi connectivity index (χ0v) is 13.0. The summed E-state index contributed by atoms with van der Waals surface area (Å²) < 4.78 is 0. The molecule has 4 nitrogen and oxygen atoms in total. The molecule has 0 atom stereocenters. The van der Waals surface area contributed by atoms with E-state index in [0.29, 0.717) is 0 Å². The van der Waals surface area contributed by atoms with Crippen LogP contribution >= 0.6 is 0 Å². The number of nitrogens with one attached hydrogen (secondary N) is 2. The lowest BCUT2D eigenvalue weighted by Gasteiger charge is -2.40. The van der Waals surface area contributed by atoms with E-state index in [1.54, 1.807) is 0 Å². The van der Waals surface area contributed by atoms with Crippen LogP contribution in [-0.4, -0.2) is 48.6 Å². The fourth-order valence-electron chi connectivity index (χ4n) is 3.39. The predicted octanol–water partition coefficient (Wildman–Crippen LogP) is 0.954. The van der Waals surface area contributed by atoms with Crippen LogP contribution in [0.4, 0.5) is 0 Å². The molecule has 1 heterocycles. The first-order valence-electron chi connectivity index (χ1n) is 7.91. The molecule has 0 bridgehead atoms. The summed E-state index contributed by atoms with van der Waals surface area (Å²) in [6, 6.07) is 8.74. The van der Waals surface area contributed by atoms with E-state index in [2.05, 4.69) is 39.8 Å². The third-order valence-corrected chi connectivity index (χ3v) is 4.85. The van der Waals surface area contributed by atoms with E-state index in [0.717, 1.165) is 39.0 Å². The maximum absolute atomic E-state index is 12.7. The van der Waals surface area contributed by atoms with E-state index in [4.69, 9.17) is 0 Å². The lowest BCUT2D eigenvalue weighted by molar-refractivity contribution is -0.132. The number of benzene rings is 1. The van der Waals surface area contributed by atoms with Crippen LogP contribution in [0.3, 0.4) is 0 Å². The maximum Gasteiger partial charge on any atom is 0.240 e. The number of carbonyl (C=O) groups excluding carboxylic acids is 1. The lowest BCUT2D eigenvalue weighted by Crippen LogP contribution is -2.61. The Hall–Kier alpha value is -1.39. The van der Waals surface area contributed by atoms with Gasteiger partial charge >= 0.3 is 0 Å². The van der Waals surface area contributed by atoms with E-state index in [-0.39, 0.29) is 11.9 Å². The maximum atomic E-state index is 12.7. The monoisotopic (exact) mass is 287 g/mol. The first-order valence-corrected chi connectivity index (χ1v) is 7.91. The van der Waals surface area contributed by atoms with Gasteiger partial charge in [0.1, 0.15) is 0 Å². The van der Waals surface area contributed by atoms with Gasteiger partial charge in [0.2, 0.25) is 5.91 Å². The molecule has 0 unspecified atom stereocenters. The summed E-state index contributed by atoms with van der Waals surface area (Å²) in [5, 5.41) is 6.60. The zero-order chi connectivity index (χ0) is 14.9.